The van der Waals surface area contributed by atoms with Gasteiger partial charge in [0.05, 0.1) is 31.7 Å². The van der Waals surface area contributed by atoms with E-state index in [1.807, 2.05) is 0 Å². The van der Waals surface area contributed by atoms with Gasteiger partial charge in [0.25, 0.3) is 0 Å². The van der Waals surface area contributed by atoms with Crippen LogP contribution in [-0.4, -0.2) is 36.9 Å². The molecular weight excluding hydrogens is 536 g/mol. The van der Waals surface area contributed by atoms with Crippen LogP contribution in [0.1, 0.15) is 188 Å². The minimum absolute atomic E-state index is 0.0638. The monoisotopic (exact) mass is 609 g/mol. The van der Waals surface area contributed by atoms with Crippen LogP contribution in [-0.2, 0) is 19.1 Å². The standard InChI is InChI=1S/C38H72O5/c1-4-7-10-13-15-16-17-18-19-20-21-22-23-25-28-31-37(40)42-33-35(32-39)34-43-38(41)36(29-26-12-9-6-3)30-27-24-14-11-8-5-2/h18-19,35-36,39H,4-17,20-34H2,1-3H3/b19-18-. The summed E-state index contributed by atoms with van der Waals surface area (Å²) in [5, 5.41) is 9.76. The van der Waals surface area contributed by atoms with Crippen molar-refractivity contribution in [2.45, 2.75) is 188 Å². The van der Waals surface area contributed by atoms with E-state index < -0.39 is 0 Å². The van der Waals surface area contributed by atoms with Crippen molar-refractivity contribution in [3.05, 3.63) is 12.2 Å². The second-order valence-corrected chi connectivity index (χ2v) is 12.8. The molecule has 2 unspecified atom stereocenters. The summed E-state index contributed by atoms with van der Waals surface area (Å²) >= 11 is 0. The zero-order chi connectivity index (χ0) is 31.6. The van der Waals surface area contributed by atoms with Crippen molar-refractivity contribution in [2.75, 3.05) is 19.8 Å². The highest BCUT2D eigenvalue weighted by Crippen LogP contribution is 2.21. The molecule has 0 aliphatic carbocycles. The van der Waals surface area contributed by atoms with Crippen LogP contribution in [0.3, 0.4) is 0 Å². The number of hydrogen-bond acceptors (Lipinski definition) is 5. The molecule has 0 heterocycles. The molecule has 0 bridgehead atoms. The highest BCUT2D eigenvalue weighted by atomic mass is 16.5. The van der Waals surface area contributed by atoms with Gasteiger partial charge in [0.2, 0.25) is 0 Å². The van der Waals surface area contributed by atoms with E-state index in [0.29, 0.717) is 6.42 Å². The van der Waals surface area contributed by atoms with Gasteiger partial charge >= 0.3 is 11.9 Å². The molecule has 0 rings (SSSR count). The lowest BCUT2D eigenvalue weighted by Crippen LogP contribution is -2.26. The van der Waals surface area contributed by atoms with Gasteiger partial charge in [-0.1, -0.05) is 148 Å². The van der Waals surface area contributed by atoms with Crippen molar-refractivity contribution in [3.63, 3.8) is 0 Å². The Morgan fingerprint density at radius 2 is 0.977 bits per heavy atom. The van der Waals surface area contributed by atoms with Crippen molar-refractivity contribution in [2.24, 2.45) is 11.8 Å². The molecule has 0 radical (unpaired) electrons. The molecule has 254 valence electrons. The fourth-order valence-electron chi connectivity index (χ4n) is 5.46. The van der Waals surface area contributed by atoms with E-state index in [4.69, 9.17) is 9.47 Å². The lowest BCUT2D eigenvalue weighted by molar-refractivity contribution is -0.153. The zero-order valence-corrected chi connectivity index (χ0v) is 28.9. The summed E-state index contributed by atoms with van der Waals surface area (Å²) in [4.78, 5) is 25.1. The number of aliphatic hydroxyl groups excluding tert-OH is 1. The average molecular weight is 609 g/mol. The second-order valence-electron chi connectivity index (χ2n) is 12.8. The third kappa shape index (κ3) is 29.1. The molecule has 0 saturated carbocycles. The molecule has 0 amide bonds. The van der Waals surface area contributed by atoms with Gasteiger partial charge in [-0.25, -0.2) is 0 Å². The van der Waals surface area contributed by atoms with Crippen molar-refractivity contribution in [1.82, 2.24) is 0 Å². The first-order valence-electron chi connectivity index (χ1n) is 18.7. The molecule has 1 N–H and O–H groups in total. The predicted octanol–water partition coefficient (Wildman–Crippen LogP) is 11.1. The molecule has 0 aromatic heterocycles. The topological polar surface area (TPSA) is 72.8 Å². The zero-order valence-electron chi connectivity index (χ0n) is 28.9. The van der Waals surface area contributed by atoms with Crippen LogP contribution >= 0.6 is 0 Å². The molecule has 0 spiro atoms. The fourth-order valence-corrected chi connectivity index (χ4v) is 5.46. The third-order valence-electron chi connectivity index (χ3n) is 8.49. The molecule has 0 aromatic carbocycles. The molecule has 0 saturated heterocycles. The first-order valence-corrected chi connectivity index (χ1v) is 18.7. The summed E-state index contributed by atoms with van der Waals surface area (Å²) in [6.45, 7) is 6.74. The Balaban J connectivity index is 4.02. The minimum Gasteiger partial charge on any atom is -0.465 e. The average Bonchev–Trinajstić information content (AvgIpc) is 3.01. The normalized spacial score (nSPS) is 12.9. The molecule has 0 aliphatic heterocycles. The largest absolute Gasteiger partial charge is 0.465 e. The third-order valence-corrected chi connectivity index (χ3v) is 8.49. The maximum atomic E-state index is 12.9. The van der Waals surface area contributed by atoms with Crippen LogP contribution in [0.25, 0.3) is 0 Å². The van der Waals surface area contributed by atoms with Gasteiger partial charge in [-0.2, -0.15) is 0 Å². The van der Waals surface area contributed by atoms with E-state index in [9.17, 15) is 14.7 Å². The quantitative estimate of drug-likeness (QED) is 0.0456. The summed E-state index contributed by atoms with van der Waals surface area (Å²) in [6, 6.07) is 0. The summed E-state index contributed by atoms with van der Waals surface area (Å²) < 4.78 is 11.0. The van der Waals surface area contributed by atoms with Crippen LogP contribution < -0.4 is 0 Å². The van der Waals surface area contributed by atoms with Gasteiger partial charge < -0.3 is 14.6 Å². The van der Waals surface area contributed by atoms with Crippen LogP contribution in [0.5, 0.6) is 0 Å². The van der Waals surface area contributed by atoms with Crippen molar-refractivity contribution >= 4 is 11.9 Å². The maximum absolute atomic E-state index is 12.9. The molecule has 5 nitrogen and oxygen atoms in total. The summed E-state index contributed by atoms with van der Waals surface area (Å²) in [6.07, 6.45) is 34.7. The van der Waals surface area contributed by atoms with E-state index in [-0.39, 0.29) is 43.6 Å². The Morgan fingerprint density at radius 3 is 1.49 bits per heavy atom. The Kier molecular flexibility index (Phi) is 32.5. The first kappa shape index (κ1) is 41.6. The number of unbranched alkanes of at least 4 members (excludes halogenated alkanes) is 19. The number of rotatable bonds is 33. The number of carbonyl (C=O) groups excluding carboxylic acids is 2. The highest BCUT2D eigenvalue weighted by Gasteiger charge is 2.21. The van der Waals surface area contributed by atoms with Gasteiger partial charge in [0.15, 0.2) is 0 Å². The number of hydrogen-bond donors (Lipinski definition) is 1. The lowest BCUT2D eigenvalue weighted by Gasteiger charge is -2.19. The van der Waals surface area contributed by atoms with Gasteiger partial charge in [-0.05, 0) is 44.9 Å². The lowest BCUT2D eigenvalue weighted by atomic mass is 9.94. The molecule has 0 aliphatic rings. The predicted molar refractivity (Wildman–Crippen MR) is 182 cm³/mol. The second kappa shape index (κ2) is 33.5. The molecule has 5 heteroatoms. The molecule has 0 fully saturated rings. The number of carbonyl (C=O) groups is 2. The number of allylic oxidation sites excluding steroid dienone is 2. The Morgan fingerprint density at radius 1 is 0.558 bits per heavy atom. The highest BCUT2D eigenvalue weighted by molar-refractivity contribution is 5.72. The van der Waals surface area contributed by atoms with Crippen LogP contribution in [0.15, 0.2) is 12.2 Å². The first-order chi connectivity index (χ1) is 21.1. The Labute approximate surface area is 267 Å². The number of ether oxygens (including phenoxy) is 2. The van der Waals surface area contributed by atoms with E-state index >= 15 is 0 Å². The van der Waals surface area contributed by atoms with Crippen molar-refractivity contribution in [3.8, 4) is 0 Å². The van der Waals surface area contributed by atoms with E-state index in [2.05, 4.69) is 32.9 Å². The molecule has 2 atom stereocenters. The summed E-state index contributed by atoms with van der Waals surface area (Å²) in [5.41, 5.74) is 0. The summed E-state index contributed by atoms with van der Waals surface area (Å²) in [7, 11) is 0. The van der Waals surface area contributed by atoms with E-state index in [0.717, 1.165) is 57.8 Å². The summed E-state index contributed by atoms with van der Waals surface area (Å²) in [5.74, 6) is -0.801. The van der Waals surface area contributed by atoms with Crippen molar-refractivity contribution < 1.29 is 24.2 Å². The number of esters is 2. The minimum atomic E-state index is -0.364. The van der Waals surface area contributed by atoms with Crippen LogP contribution in [0.2, 0.25) is 0 Å². The molecule has 43 heavy (non-hydrogen) atoms. The fraction of sp³-hybridized carbons (Fsp3) is 0.895. The SMILES string of the molecule is CCCCCCCC/C=C\CCCCCCCC(=O)OCC(CO)COC(=O)C(CCCCCC)CCCCCCCC. The number of aliphatic hydroxyl groups is 1. The smallest absolute Gasteiger partial charge is 0.308 e. The van der Waals surface area contributed by atoms with Crippen LogP contribution in [0, 0.1) is 11.8 Å². The van der Waals surface area contributed by atoms with Gasteiger partial charge in [-0.3, -0.25) is 9.59 Å². The van der Waals surface area contributed by atoms with Gasteiger partial charge in [0, 0.05) is 6.42 Å². The molecular formula is C38H72O5. The maximum Gasteiger partial charge on any atom is 0.308 e. The Bertz CT molecular complexity index is 632. The van der Waals surface area contributed by atoms with Gasteiger partial charge in [-0.15, -0.1) is 0 Å². The van der Waals surface area contributed by atoms with Gasteiger partial charge in [0.1, 0.15) is 0 Å². The van der Waals surface area contributed by atoms with E-state index in [1.54, 1.807) is 0 Å². The Hall–Kier alpha value is -1.36. The molecule has 0 aromatic rings. The van der Waals surface area contributed by atoms with Crippen LogP contribution in [0.4, 0.5) is 0 Å². The van der Waals surface area contributed by atoms with E-state index in [1.165, 1.54) is 103 Å². The van der Waals surface area contributed by atoms with Crippen molar-refractivity contribution in [1.29, 1.82) is 0 Å².